The van der Waals surface area contributed by atoms with Gasteiger partial charge in [0.05, 0.1) is 19.3 Å². The highest BCUT2D eigenvalue weighted by Gasteiger charge is 2.44. The summed E-state index contributed by atoms with van der Waals surface area (Å²) >= 11 is 0. The number of hydroxylamine groups is 1. The van der Waals surface area contributed by atoms with Crippen LogP contribution in [0.5, 0.6) is 0 Å². The van der Waals surface area contributed by atoms with Gasteiger partial charge in [-0.15, -0.1) is 4.83 Å². The molecule has 7 nitrogen and oxygen atoms in total. The van der Waals surface area contributed by atoms with Crippen LogP contribution in [0.1, 0.15) is 37.7 Å². The van der Waals surface area contributed by atoms with Gasteiger partial charge in [0.15, 0.2) is 0 Å². The molecule has 0 aliphatic heterocycles. The van der Waals surface area contributed by atoms with E-state index in [-0.39, 0.29) is 37.6 Å². The Labute approximate surface area is 179 Å². The zero-order chi connectivity index (χ0) is 22.0. The van der Waals surface area contributed by atoms with E-state index >= 15 is 0 Å². The van der Waals surface area contributed by atoms with E-state index in [0.717, 1.165) is 29.7 Å². The second-order valence-corrected chi connectivity index (χ2v) is 10.2. The summed E-state index contributed by atoms with van der Waals surface area (Å²) in [7, 11) is -2.40. The van der Waals surface area contributed by atoms with Crippen molar-refractivity contribution < 1.29 is 29.6 Å². The lowest BCUT2D eigenvalue weighted by Crippen LogP contribution is -2.34. The monoisotopic (exact) mass is 441 g/mol. The van der Waals surface area contributed by atoms with Crippen molar-refractivity contribution in [2.45, 2.75) is 50.7 Å². The minimum Gasteiger partial charge on any atom is -0.396 e. The molecule has 4 N–H and O–H groups in total. The number of rotatable bonds is 13. The van der Waals surface area contributed by atoms with Crippen molar-refractivity contribution in [3.63, 3.8) is 0 Å². The van der Waals surface area contributed by atoms with Gasteiger partial charge in [0.25, 0.3) is 7.52 Å². The molecule has 0 aromatic heterocycles. The maximum Gasteiger partial charge on any atom is 0.292 e. The van der Waals surface area contributed by atoms with Gasteiger partial charge in [-0.05, 0) is 50.0 Å². The maximum atomic E-state index is 12.9. The van der Waals surface area contributed by atoms with Crippen LogP contribution in [-0.2, 0) is 15.8 Å². The Bertz CT molecular complexity index is 685. The Morgan fingerprint density at radius 3 is 2.50 bits per heavy atom. The maximum absolute atomic E-state index is 12.9. The van der Waals surface area contributed by atoms with Crippen LogP contribution in [0.15, 0.2) is 42.5 Å². The van der Waals surface area contributed by atoms with Crippen molar-refractivity contribution in [3.8, 4) is 0 Å². The van der Waals surface area contributed by atoms with Gasteiger partial charge in [0.2, 0.25) is 0 Å². The molecule has 0 radical (unpaired) electrons. The van der Waals surface area contributed by atoms with Crippen LogP contribution in [0.25, 0.3) is 0 Å². The van der Waals surface area contributed by atoms with Gasteiger partial charge in [0, 0.05) is 25.2 Å². The van der Waals surface area contributed by atoms with Crippen LogP contribution in [0.4, 0.5) is 0 Å². The molecule has 30 heavy (non-hydrogen) atoms. The highest BCUT2D eigenvalue weighted by atomic mass is 31.2. The van der Waals surface area contributed by atoms with Crippen LogP contribution in [-0.4, -0.2) is 63.7 Å². The van der Waals surface area contributed by atoms with Gasteiger partial charge in [0.1, 0.15) is 0 Å². The number of hydrogen-bond donors (Lipinski definition) is 4. The van der Waals surface area contributed by atoms with Crippen LogP contribution >= 0.6 is 7.52 Å². The summed E-state index contributed by atoms with van der Waals surface area (Å²) in [6.45, 7) is 0.266. The zero-order valence-corrected chi connectivity index (χ0v) is 18.6. The van der Waals surface area contributed by atoms with Crippen molar-refractivity contribution in [2.24, 2.45) is 11.8 Å². The van der Waals surface area contributed by atoms with Crippen molar-refractivity contribution in [1.82, 2.24) is 4.83 Å². The second-order valence-electron chi connectivity index (χ2n) is 7.97. The molecule has 0 saturated heterocycles. The summed E-state index contributed by atoms with van der Waals surface area (Å²) in [5.41, 5.74) is 0.975. The summed E-state index contributed by atoms with van der Waals surface area (Å²) < 4.78 is 12.9. The number of aliphatic hydroxyl groups excluding tert-OH is 3. The zero-order valence-electron chi connectivity index (χ0n) is 17.7. The van der Waals surface area contributed by atoms with E-state index in [1.165, 1.54) is 7.11 Å². The lowest BCUT2D eigenvalue weighted by atomic mass is 9.90. The molecule has 170 valence electrons. The van der Waals surface area contributed by atoms with E-state index in [0.29, 0.717) is 12.8 Å². The molecule has 1 saturated carbocycles. The van der Waals surface area contributed by atoms with Crippen LogP contribution in [0.3, 0.4) is 0 Å². The average Bonchev–Trinajstić information content (AvgIpc) is 3.00. The molecular weight excluding hydrogens is 405 g/mol. The number of hydrogen-bond acceptors (Lipinski definition) is 5. The van der Waals surface area contributed by atoms with Gasteiger partial charge in [-0.25, -0.2) is 0 Å². The van der Waals surface area contributed by atoms with Gasteiger partial charge >= 0.3 is 0 Å². The number of aliphatic hydroxyl groups is 3. The highest BCUT2D eigenvalue weighted by molar-refractivity contribution is 7.55. The Hall–Kier alpha value is -1.05. The van der Waals surface area contributed by atoms with E-state index in [1.807, 2.05) is 42.5 Å². The van der Waals surface area contributed by atoms with Crippen molar-refractivity contribution in [1.29, 1.82) is 0 Å². The molecule has 8 heteroatoms. The third-order valence-electron chi connectivity index (χ3n) is 5.84. The first-order valence-electron chi connectivity index (χ1n) is 10.7. The molecule has 0 spiro atoms. The summed E-state index contributed by atoms with van der Waals surface area (Å²) in [6, 6.07) is 9.51. The lowest BCUT2D eigenvalue weighted by Gasteiger charge is -2.31. The molecule has 5 atom stereocenters. The van der Waals surface area contributed by atoms with Crippen molar-refractivity contribution in [2.75, 3.05) is 26.4 Å². The van der Waals surface area contributed by atoms with Crippen LogP contribution in [0, 0.1) is 11.8 Å². The largest absolute Gasteiger partial charge is 0.396 e. The molecule has 1 fully saturated rings. The first kappa shape index (κ1) is 25.2. The Kier molecular flexibility index (Phi) is 10.7. The van der Waals surface area contributed by atoms with Gasteiger partial charge < -0.3 is 20.2 Å². The predicted octanol–water partition coefficient (Wildman–Crippen LogP) is 2.74. The smallest absolute Gasteiger partial charge is 0.292 e. The molecule has 1 aliphatic carbocycles. The van der Waals surface area contributed by atoms with Gasteiger partial charge in [-0.1, -0.05) is 42.5 Å². The first-order valence-corrected chi connectivity index (χ1v) is 12.5. The van der Waals surface area contributed by atoms with Gasteiger partial charge in [-0.3, -0.25) is 9.40 Å². The fourth-order valence-corrected chi connectivity index (χ4v) is 5.51. The van der Waals surface area contributed by atoms with E-state index in [9.17, 15) is 19.7 Å². The summed E-state index contributed by atoms with van der Waals surface area (Å²) in [6.07, 6.45) is 6.45. The molecule has 0 bridgehead atoms. The quantitative estimate of drug-likeness (QED) is 0.161. The van der Waals surface area contributed by atoms with Crippen molar-refractivity contribution >= 4 is 7.52 Å². The topological polar surface area (TPSA) is 110 Å². The summed E-state index contributed by atoms with van der Waals surface area (Å²) in [5, 5.41) is 29.7. The predicted molar refractivity (Wildman–Crippen MR) is 117 cm³/mol. The molecule has 1 aromatic carbocycles. The summed E-state index contributed by atoms with van der Waals surface area (Å²) in [5.74, 6) is -0.569. The fraction of sp³-hybridized carbons (Fsp3) is 0.636. The van der Waals surface area contributed by atoms with Crippen LogP contribution < -0.4 is 0 Å². The molecule has 1 aliphatic rings. The molecule has 2 rings (SSSR count). The number of nitrogens with zero attached hydrogens (tertiary/aromatic N) is 1. The summed E-state index contributed by atoms with van der Waals surface area (Å²) in [4.78, 5) is 17.0. The Morgan fingerprint density at radius 2 is 1.83 bits per heavy atom. The Morgan fingerprint density at radius 1 is 1.13 bits per heavy atom. The second kappa shape index (κ2) is 12.7. The third-order valence-corrected chi connectivity index (χ3v) is 7.67. The SMILES string of the molecule is CON(C[C@@H]1C(C/C=C\CCCCO)[C@@H](O)C[C@H]1O)P(=O)(O)CCc1ccccc1. The molecule has 1 aromatic rings. The van der Waals surface area contributed by atoms with Gasteiger partial charge in [-0.2, -0.15) is 0 Å². The fourth-order valence-electron chi connectivity index (χ4n) is 4.04. The van der Waals surface area contributed by atoms with E-state index < -0.39 is 19.7 Å². The van der Waals surface area contributed by atoms with E-state index in [4.69, 9.17) is 9.94 Å². The van der Waals surface area contributed by atoms with Crippen molar-refractivity contribution in [3.05, 3.63) is 48.0 Å². The number of benzene rings is 1. The minimum absolute atomic E-state index is 0.0473. The third kappa shape index (κ3) is 7.57. The minimum atomic E-state index is -3.76. The van der Waals surface area contributed by atoms with E-state index in [2.05, 4.69) is 0 Å². The normalized spacial score (nSPS) is 26.5. The highest BCUT2D eigenvalue weighted by Crippen LogP contribution is 2.48. The number of aryl methyl sites for hydroxylation is 1. The number of allylic oxidation sites excluding steroid dienone is 2. The standard InChI is InChI=1S/C22H36NO6P/c1-29-23(30(27,28)15-13-18-10-6-5-7-11-18)17-20-19(21(25)16-22(20)26)12-8-3-2-4-9-14-24/h3,5-8,10-11,19-22,24-26H,2,4,9,12-17H2,1H3,(H,27,28)/b8-3-/t19?,20-,21+,22-/m1/s1. The molecule has 2 unspecified atom stereocenters. The number of unbranched alkanes of at least 4 members (excludes halogenated alkanes) is 2. The van der Waals surface area contributed by atoms with Crippen LogP contribution in [0.2, 0.25) is 0 Å². The first-order chi connectivity index (χ1) is 14.4. The lowest BCUT2D eigenvalue weighted by molar-refractivity contribution is -0.0837. The average molecular weight is 442 g/mol. The molecular formula is C22H36NO6P. The molecule has 0 heterocycles. The molecule has 0 amide bonds. The van der Waals surface area contributed by atoms with E-state index in [1.54, 1.807) is 0 Å². The Balaban J connectivity index is 1.96.